The lowest BCUT2D eigenvalue weighted by Crippen LogP contribution is -1.83. The van der Waals surface area contributed by atoms with Crippen molar-refractivity contribution < 1.29 is 4.52 Å². The molecule has 0 spiro atoms. The van der Waals surface area contributed by atoms with Crippen molar-refractivity contribution in [2.24, 2.45) is 0 Å². The molecule has 0 aliphatic heterocycles. The van der Waals surface area contributed by atoms with E-state index in [0.717, 1.165) is 28.1 Å². The average molecular weight is 236 g/mol. The third-order valence-corrected chi connectivity index (χ3v) is 2.85. The Hall–Kier alpha value is -2.42. The highest BCUT2D eigenvalue weighted by Gasteiger charge is 2.16. The molecule has 0 atom stereocenters. The predicted molar refractivity (Wildman–Crippen MR) is 69.9 cm³/mol. The van der Waals surface area contributed by atoms with E-state index in [2.05, 4.69) is 10.1 Å². The highest BCUT2D eigenvalue weighted by Crippen LogP contribution is 2.33. The first-order valence-corrected chi connectivity index (χ1v) is 5.78. The van der Waals surface area contributed by atoms with Crippen molar-refractivity contribution >= 4 is 0 Å². The zero-order valence-electron chi connectivity index (χ0n) is 10.00. The van der Waals surface area contributed by atoms with Gasteiger partial charge in [0.25, 0.3) is 0 Å². The highest BCUT2D eigenvalue weighted by atomic mass is 16.5. The van der Waals surface area contributed by atoms with Crippen molar-refractivity contribution in [2.45, 2.75) is 6.92 Å². The number of rotatable bonds is 2. The van der Waals surface area contributed by atoms with E-state index in [-0.39, 0.29) is 0 Å². The standard InChI is InChI=1S/C15H12N2O/c1-11-14(13-8-5-9-16-10-13)15(18-17-11)12-6-3-2-4-7-12/h2-10H,1H3. The number of nitrogens with zero attached hydrogens (tertiary/aromatic N) is 2. The van der Waals surface area contributed by atoms with Crippen LogP contribution in [-0.2, 0) is 0 Å². The molecule has 0 amide bonds. The first-order valence-electron chi connectivity index (χ1n) is 5.78. The van der Waals surface area contributed by atoms with Crippen LogP contribution in [0.1, 0.15) is 5.69 Å². The van der Waals surface area contributed by atoms with Gasteiger partial charge >= 0.3 is 0 Å². The lowest BCUT2D eigenvalue weighted by atomic mass is 10.0. The Morgan fingerprint density at radius 1 is 0.944 bits per heavy atom. The molecule has 2 heterocycles. The van der Waals surface area contributed by atoms with E-state index in [9.17, 15) is 0 Å². The van der Waals surface area contributed by atoms with Crippen molar-refractivity contribution in [3.63, 3.8) is 0 Å². The third-order valence-electron chi connectivity index (χ3n) is 2.85. The fourth-order valence-corrected chi connectivity index (χ4v) is 2.01. The molecule has 0 aliphatic rings. The van der Waals surface area contributed by atoms with Crippen molar-refractivity contribution in [1.29, 1.82) is 0 Å². The summed E-state index contributed by atoms with van der Waals surface area (Å²) in [7, 11) is 0. The van der Waals surface area contributed by atoms with Crippen molar-refractivity contribution in [3.05, 3.63) is 60.6 Å². The van der Waals surface area contributed by atoms with Crippen LogP contribution in [0.5, 0.6) is 0 Å². The molecule has 0 aliphatic carbocycles. The smallest absolute Gasteiger partial charge is 0.174 e. The minimum atomic E-state index is 0.793. The van der Waals surface area contributed by atoms with Crippen LogP contribution in [0.3, 0.4) is 0 Å². The average Bonchev–Trinajstić information content (AvgIpc) is 2.83. The van der Waals surface area contributed by atoms with Crippen LogP contribution in [-0.4, -0.2) is 10.1 Å². The molecule has 0 radical (unpaired) electrons. The van der Waals surface area contributed by atoms with E-state index >= 15 is 0 Å². The Labute approximate surface area is 105 Å². The largest absolute Gasteiger partial charge is 0.355 e. The Morgan fingerprint density at radius 3 is 2.44 bits per heavy atom. The molecule has 2 aromatic heterocycles. The molecule has 0 saturated carbocycles. The van der Waals surface area contributed by atoms with E-state index in [0.29, 0.717) is 0 Å². The summed E-state index contributed by atoms with van der Waals surface area (Å²) in [5, 5.41) is 4.07. The fourth-order valence-electron chi connectivity index (χ4n) is 2.01. The van der Waals surface area contributed by atoms with Gasteiger partial charge < -0.3 is 4.52 Å². The SMILES string of the molecule is Cc1noc(-c2ccccc2)c1-c1cccnc1. The van der Waals surface area contributed by atoms with Crippen LogP contribution in [0.2, 0.25) is 0 Å². The Balaban J connectivity index is 2.19. The number of aromatic nitrogens is 2. The van der Waals surface area contributed by atoms with Gasteiger partial charge in [-0.05, 0) is 13.0 Å². The van der Waals surface area contributed by atoms with Gasteiger partial charge in [-0.15, -0.1) is 0 Å². The van der Waals surface area contributed by atoms with Crippen molar-refractivity contribution in [1.82, 2.24) is 10.1 Å². The second-order valence-corrected chi connectivity index (χ2v) is 4.08. The van der Waals surface area contributed by atoms with Gasteiger partial charge in [-0.25, -0.2) is 0 Å². The highest BCUT2D eigenvalue weighted by molar-refractivity contribution is 5.80. The van der Waals surface area contributed by atoms with Crippen LogP contribution < -0.4 is 0 Å². The van der Waals surface area contributed by atoms with Gasteiger partial charge in [-0.3, -0.25) is 4.98 Å². The quantitative estimate of drug-likeness (QED) is 0.680. The summed E-state index contributed by atoms with van der Waals surface area (Å²) >= 11 is 0. The van der Waals surface area contributed by atoms with Gasteiger partial charge in [0.15, 0.2) is 5.76 Å². The second kappa shape index (κ2) is 4.45. The summed E-state index contributed by atoms with van der Waals surface area (Å²) in [5.74, 6) is 0.793. The zero-order chi connectivity index (χ0) is 12.4. The van der Waals surface area contributed by atoms with Crippen LogP contribution in [0, 0.1) is 6.92 Å². The summed E-state index contributed by atoms with van der Waals surface area (Å²) in [6.07, 6.45) is 3.58. The van der Waals surface area contributed by atoms with Gasteiger partial charge in [0.1, 0.15) is 0 Å². The molecule has 88 valence electrons. The number of hydrogen-bond acceptors (Lipinski definition) is 3. The molecule has 0 bridgehead atoms. The van der Waals surface area contributed by atoms with Crippen LogP contribution >= 0.6 is 0 Å². The van der Waals surface area contributed by atoms with Gasteiger partial charge in [-0.1, -0.05) is 41.6 Å². The topological polar surface area (TPSA) is 38.9 Å². The van der Waals surface area contributed by atoms with E-state index in [1.807, 2.05) is 55.6 Å². The maximum absolute atomic E-state index is 5.46. The molecule has 3 aromatic rings. The van der Waals surface area contributed by atoms with Crippen molar-refractivity contribution in [3.8, 4) is 22.5 Å². The van der Waals surface area contributed by atoms with Crippen LogP contribution in [0.15, 0.2) is 59.4 Å². The molecule has 3 nitrogen and oxygen atoms in total. The number of hydrogen-bond donors (Lipinski definition) is 0. The number of aryl methyl sites for hydroxylation is 1. The molecule has 3 rings (SSSR count). The molecule has 18 heavy (non-hydrogen) atoms. The Kier molecular flexibility index (Phi) is 2.65. The van der Waals surface area contributed by atoms with Gasteiger partial charge in [0.2, 0.25) is 0 Å². The molecule has 0 unspecified atom stereocenters. The Morgan fingerprint density at radius 2 is 1.72 bits per heavy atom. The first kappa shape index (κ1) is 10.7. The van der Waals surface area contributed by atoms with E-state index in [1.54, 1.807) is 6.20 Å². The second-order valence-electron chi connectivity index (χ2n) is 4.08. The molecular weight excluding hydrogens is 224 g/mol. The van der Waals surface area contributed by atoms with Crippen LogP contribution in [0.25, 0.3) is 22.5 Å². The lowest BCUT2D eigenvalue weighted by molar-refractivity contribution is 0.427. The Bertz CT molecular complexity index is 645. The first-order chi connectivity index (χ1) is 8.86. The number of pyridine rings is 1. The monoisotopic (exact) mass is 236 g/mol. The molecular formula is C15H12N2O. The summed E-state index contributed by atoms with van der Waals surface area (Å²) in [5.41, 5.74) is 3.93. The molecule has 0 N–H and O–H groups in total. The molecule has 0 saturated heterocycles. The van der Waals surface area contributed by atoms with Crippen molar-refractivity contribution in [2.75, 3.05) is 0 Å². The fraction of sp³-hybridized carbons (Fsp3) is 0.0667. The minimum Gasteiger partial charge on any atom is -0.355 e. The molecule has 1 aromatic carbocycles. The van der Waals surface area contributed by atoms with E-state index in [4.69, 9.17) is 4.52 Å². The minimum absolute atomic E-state index is 0.793. The predicted octanol–water partition coefficient (Wildman–Crippen LogP) is 3.71. The van der Waals surface area contributed by atoms with E-state index in [1.165, 1.54) is 0 Å². The van der Waals surface area contributed by atoms with Gasteiger partial charge in [-0.2, -0.15) is 0 Å². The molecule has 3 heteroatoms. The van der Waals surface area contributed by atoms with Crippen LogP contribution in [0.4, 0.5) is 0 Å². The maximum Gasteiger partial charge on any atom is 0.174 e. The van der Waals surface area contributed by atoms with Gasteiger partial charge in [0, 0.05) is 23.5 Å². The summed E-state index contributed by atoms with van der Waals surface area (Å²) in [6, 6.07) is 13.9. The maximum atomic E-state index is 5.46. The summed E-state index contributed by atoms with van der Waals surface area (Å²) < 4.78 is 5.46. The zero-order valence-corrected chi connectivity index (χ0v) is 10.00. The number of benzene rings is 1. The summed E-state index contributed by atoms with van der Waals surface area (Å²) in [4.78, 5) is 4.15. The van der Waals surface area contributed by atoms with Gasteiger partial charge in [0.05, 0.1) is 11.3 Å². The molecule has 0 fully saturated rings. The normalized spacial score (nSPS) is 10.5. The van der Waals surface area contributed by atoms with E-state index < -0.39 is 0 Å². The summed E-state index contributed by atoms with van der Waals surface area (Å²) in [6.45, 7) is 1.94. The lowest BCUT2D eigenvalue weighted by Gasteiger charge is -2.02. The third kappa shape index (κ3) is 1.80.